The number of rotatable bonds is 3. The van der Waals surface area contributed by atoms with Crippen LogP contribution in [0.2, 0.25) is 0 Å². The molecule has 2 heterocycles. The molecule has 18 heavy (non-hydrogen) atoms. The first kappa shape index (κ1) is 13.6. The molecule has 0 amide bonds. The maximum absolute atomic E-state index is 5.95. The first-order valence-corrected chi connectivity index (χ1v) is 6.98. The van der Waals surface area contributed by atoms with Crippen LogP contribution in [0.1, 0.15) is 44.0 Å². The average Bonchev–Trinajstić information content (AvgIpc) is 2.67. The van der Waals surface area contributed by atoms with Gasteiger partial charge in [-0.15, -0.1) is 0 Å². The summed E-state index contributed by atoms with van der Waals surface area (Å²) in [7, 11) is 1.99. The molecule has 0 bridgehead atoms. The molecule has 1 aliphatic rings. The van der Waals surface area contributed by atoms with Gasteiger partial charge in [0.2, 0.25) is 0 Å². The molecule has 1 saturated heterocycles. The third-order valence-electron chi connectivity index (χ3n) is 4.29. The predicted molar refractivity (Wildman–Crippen MR) is 74.3 cm³/mol. The highest BCUT2D eigenvalue weighted by Gasteiger charge is 2.30. The molecule has 1 aromatic rings. The Kier molecular flexibility index (Phi) is 4.07. The molecule has 1 aromatic heterocycles. The topological polar surface area (TPSA) is 47.1 Å². The van der Waals surface area contributed by atoms with Gasteiger partial charge in [0.05, 0.1) is 5.69 Å². The Morgan fingerprint density at radius 3 is 2.83 bits per heavy atom. The summed E-state index contributed by atoms with van der Waals surface area (Å²) in [6.45, 7) is 8.62. The van der Waals surface area contributed by atoms with Gasteiger partial charge in [0.1, 0.15) is 0 Å². The summed E-state index contributed by atoms with van der Waals surface area (Å²) in [5.41, 5.74) is 8.43. The number of aryl methyl sites for hydroxylation is 2. The molecule has 102 valence electrons. The summed E-state index contributed by atoms with van der Waals surface area (Å²) in [5.74, 6) is 0.803. The lowest BCUT2D eigenvalue weighted by Crippen LogP contribution is -2.47. The van der Waals surface area contributed by atoms with E-state index in [1.54, 1.807) is 0 Å². The second-order valence-electron chi connectivity index (χ2n) is 5.78. The third-order valence-corrected chi connectivity index (χ3v) is 4.29. The maximum Gasteiger partial charge on any atom is 0.0641 e. The van der Waals surface area contributed by atoms with Crippen molar-refractivity contribution >= 4 is 0 Å². The van der Waals surface area contributed by atoms with Gasteiger partial charge >= 0.3 is 0 Å². The van der Waals surface area contributed by atoms with Crippen molar-refractivity contribution in [2.45, 2.75) is 45.7 Å². The summed E-state index contributed by atoms with van der Waals surface area (Å²) in [4.78, 5) is 2.56. The van der Waals surface area contributed by atoms with E-state index in [2.05, 4.69) is 37.0 Å². The van der Waals surface area contributed by atoms with Crippen LogP contribution in [-0.4, -0.2) is 33.8 Å². The second-order valence-corrected chi connectivity index (χ2v) is 5.78. The van der Waals surface area contributed by atoms with E-state index in [1.165, 1.54) is 18.4 Å². The lowest BCUT2D eigenvalue weighted by Gasteiger charge is -2.41. The molecule has 0 aliphatic carbocycles. The lowest BCUT2D eigenvalue weighted by atomic mass is 9.90. The highest BCUT2D eigenvalue weighted by atomic mass is 15.3. The zero-order chi connectivity index (χ0) is 13.3. The van der Waals surface area contributed by atoms with E-state index in [9.17, 15) is 0 Å². The minimum atomic E-state index is 0.416. The van der Waals surface area contributed by atoms with E-state index in [4.69, 9.17) is 5.73 Å². The molecule has 3 unspecified atom stereocenters. The molecule has 3 atom stereocenters. The lowest BCUT2D eigenvalue weighted by molar-refractivity contribution is 0.0831. The molecular formula is C14H26N4. The molecule has 0 aromatic carbocycles. The van der Waals surface area contributed by atoms with Gasteiger partial charge in [-0.3, -0.25) is 9.58 Å². The largest absolute Gasteiger partial charge is 0.329 e. The first-order chi connectivity index (χ1) is 8.52. The van der Waals surface area contributed by atoms with Crippen LogP contribution in [0.3, 0.4) is 0 Å². The number of nitrogens with zero attached hydrogens (tertiary/aromatic N) is 3. The Labute approximate surface area is 110 Å². The Morgan fingerprint density at radius 1 is 1.56 bits per heavy atom. The fourth-order valence-electron chi connectivity index (χ4n) is 3.22. The van der Waals surface area contributed by atoms with Gasteiger partial charge in [0.25, 0.3) is 0 Å². The minimum absolute atomic E-state index is 0.416. The number of hydrogen-bond acceptors (Lipinski definition) is 3. The number of aromatic nitrogens is 2. The Bertz CT molecular complexity index is 398. The number of nitrogens with two attached hydrogens (primary N) is 1. The quantitative estimate of drug-likeness (QED) is 0.890. The van der Waals surface area contributed by atoms with Crippen LogP contribution in [0.25, 0.3) is 0 Å². The summed E-state index contributed by atoms with van der Waals surface area (Å²) >= 11 is 0. The van der Waals surface area contributed by atoms with E-state index in [1.807, 2.05) is 11.7 Å². The third kappa shape index (κ3) is 2.59. The smallest absolute Gasteiger partial charge is 0.0641 e. The van der Waals surface area contributed by atoms with Crippen LogP contribution in [0, 0.1) is 12.8 Å². The Hall–Kier alpha value is -0.870. The van der Waals surface area contributed by atoms with E-state index in [-0.39, 0.29) is 0 Å². The Balaban J connectivity index is 2.17. The molecular weight excluding hydrogens is 224 g/mol. The summed E-state index contributed by atoms with van der Waals surface area (Å²) in [6, 6.07) is 0.933. The van der Waals surface area contributed by atoms with Crippen LogP contribution in [-0.2, 0) is 7.05 Å². The van der Waals surface area contributed by atoms with Crippen molar-refractivity contribution in [2.24, 2.45) is 18.7 Å². The first-order valence-electron chi connectivity index (χ1n) is 6.98. The molecule has 2 N–H and O–H groups in total. The number of piperidine rings is 1. The van der Waals surface area contributed by atoms with E-state index in [0.717, 1.165) is 24.7 Å². The zero-order valence-electron chi connectivity index (χ0n) is 12.1. The van der Waals surface area contributed by atoms with Gasteiger partial charge in [-0.1, -0.05) is 6.92 Å². The number of likely N-dealkylation sites (tertiary alicyclic amines) is 1. The minimum Gasteiger partial charge on any atom is -0.329 e. The average molecular weight is 250 g/mol. The molecule has 1 fully saturated rings. The SMILES string of the molecule is Cc1nn(C)cc1C(C)N1CCC(C)CC1CN. The monoisotopic (exact) mass is 250 g/mol. The van der Waals surface area contributed by atoms with Crippen LogP contribution in [0.5, 0.6) is 0 Å². The number of hydrogen-bond donors (Lipinski definition) is 1. The van der Waals surface area contributed by atoms with Crippen molar-refractivity contribution in [1.29, 1.82) is 0 Å². The molecule has 4 nitrogen and oxygen atoms in total. The highest BCUT2D eigenvalue weighted by molar-refractivity contribution is 5.20. The van der Waals surface area contributed by atoms with E-state index in [0.29, 0.717) is 12.1 Å². The normalized spacial score (nSPS) is 27.4. The van der Waals surface area contributed by atoms with Crippen LogP contribution < -0.4 is 5.73 Å². The van der Waals surface area contributed by atoms with Crippen LogP contribution >= 0.6 is 0 Å². The summed E-state index contributed by atoms with van der Waals surface area (Å²) < 4.78 is 1.91. The van der Waals surface area contributed by atoms with E-state index < -0.39 is 0 Å². The summed E-state index contributed by atoms with van der Waals surface area (Å²) in [6.07, 6.45) is 4.64. The van der Waals surface area contributed by atoms with Gasteiger partial charge in [-0.2, -0.15) is 5.10 Å². The second kappa shape index (κ2) is 5.41. The zero-order valence-corrected chi connectivity index (χ0v) is 12.1. The molecule has 2 rings (SSSR count). The van der Waals surface area contributed by atoms with Gasteiger partial charge < -0.3 is 5.73 Å². The molecule has 1 aliphatic heterocycles. The van der Waals surface area contributed by atoms with Gasteiger partial charge in [-0.05, 0) is 39.2 Å². The summed E-state index contributed by atoms with van der Waals surface area (Å²) in [5, 5.41) is 4.45. The van der Waals surface area contributed by atoms with Crippen molar-refractivity contribution in [1.82, 2.24) is 14.7 Å². The Morgan fingerprint density at radius 2 is 2.28 bits per heavy atom. The molecule has 0 radical (unpaired) electrons. The fourth-order valence-corrected chi connectivity index (χ4v) is 3.22. The van der Waals surface area contributed by atoms with Crippen LogP contribution in [0.15, 0.2) is 6.20 Å². The molecule has 0 saturated carbocycles. The van der Waals surface area contributed by atoms with Gasteiger partial charge in [0, 0.05) is 37.4 Å². The maximum atomic E-state index is 5.95. The van der Waals surface area contributed by atoms with E-state index >= 15 is 0 Å². The standard InChI is InChI=1S/C14H26N4/c1-10-5-6-18(13(7-10)8-15)12(3)14-9-17(4)16-11(14)2/h9-10,12-13H,5-8,15H2,1-4H3. The van der Waals surface area contributed by atoms with Gasteiger partial charge in [0.15, 0.2) is 0 Å². The molecule has 0 spiro atoms. The highest BCUT2D eigenvalue weighted by Crippen LogP contribution is 2.31. The van der Waals surface area contributed by atoms with Crippen molar-refractivity contribution in [3.8, 4) is 0 Å². The van der Waals surface area contributed by atoms with Gasteiger partial charge in [-0.25, -0.2) is 0 Å². The van der Waals surface area contributed by atoms with Crippen LogP contribution in [0.4, 0.5) is 0 Å². The van der Waals surface area contributed by atoms with Crippen molar-refractivity contribution in [3.63, 3.8) is 0 Å². The van der Waals surface area contributed by atoms with Crippen molar-refractivity contribution < 1.29 is 0 Å². The van der Waals surface area contributed by atoms with Crippen molar-refractivity contribution in [3.05, 3.63) is 17.5 Å². The van der Waals surface area contributed by atoms with Crippen molar-refractivity contribution in [2.75, 3.05) is 13.1 Å². The predicted octanol–water partition coefficient (Wildman–Crippen LogP) is 1.85. The fraction of sp³-hybridized carbons (Fsp3) is 0.786. The molecule has 4 heteroatoms.